The van der Waals surface area contributed by atoms with Crippen LogP contribution in [0.2, 0.25) is 0 Å². The average molecular weight is 336 g/mol. The molecular weight excluding hydrogens is 316 g/mol. The van der Waals surface area contributed by atoms with E-state index in [9.17, 15) is 4.79 Å². The van der Waals surface area contributed by atoms with Crippen molar-refractivity contribution in [1.82, 2.24) is 4.90 Å². The van der Waals surface area contributed by atoms with Crippen molar-refractivity contribution >= 4 is 5.91 Å². The number of aliphatic hydroxyl groups excluding tert-OH is 1. The maximum atomic E-state index is 12.4. The van der Waals surface area contributed by atoms with Crippen molar-refractivity contribution < 1.29 is 14.6 Å². The Morgan fingerprint density at radius 1 is 1.32 bits per heavy atom. The summed E-state index contributed by atoms with van der Waals surface area (Å²) < 4.78 is 5.81. The number of amides is 1. The highest BCUT2D eigenvalue weighted by Crippen LogP contribution is 2.26. The van der Waals surface area contributed by atoms with Crippen LogP contribution < -0.4 is 4.74 Å². The molecule has 0 bridgehead atoms. The first kappa shape index (κ1) is 18.2. The summed E-state index contributed by atoms with van der Waals surface area (Å²) in [6.45, 7) is 6.03. The van der Waals surface area contributed by atoms with E-state index in [0.717, 1.165) is 5.56 Å². The maximum absolute atomic E-state index is 12.4. The molecule has 5 heteroatoms. The highest BCUT2D eigenvalue weighted by Gasteiger charge is 2.14. The second-order valence-corrected chi connectivity index (χ2v) is 5.48. The Kier molecular flexibility index (Phi) is 6.33. The Labute approximate surface area is 147 Å². The van der Waals surface area contributed by atoms with Gasteiger partial charge >= 0.3 is 0 Å². The lowest BCUT2D eigenvalue weighted by Crippen LogP contribution is -2.33. The van der Waals surface area contributed by atoms with Crippen molar-refractivity contribution in [2.45, 2.75) is 6.92 Å². The van der Waals surface area contributed by atoms with Crippen LogP contribution in [0.15, 0.2) is 55.1 Å². The fourth-order valence-electron chi connectivity index (χ4n) is 2.36. The van der Waals surface area contributed by atoms with E-state index in [1.165, 1.54) is 4.90 Å². The van der Waals surface area contributed by atoms with Crippen molar-refractivity contribution in [1.29, 1.82) is 5.26 Å². The van der Waals surface area contributed by atoms with E-state index < -0.39 is 0 Å². The number of hydrogen-bond donors (Lipinski definition) is 1. The molecule has 1 amide bonds. The summed E-state index contributed by atoms with van der Waals surface area (Å²) in [6, 6.07) is 14.1. The quantitative estimate of drug-likeness (QED) is 0.788. The molecule has 0 aliphatic rings. The Morgan fingerprint density at radius 2 is 2.04 bits per heavy atom. The van der Waals surface area contributed by atoms with E-state index in [0.29, 0.717) is 29.2 Å². The van der Waals surface area contributed by atoms with Gasteiger partial charge in [0.1, 0.15) is 11.5 Å². The predicted molar refractivity (Wildman–Crippen MR) is 95.6 cm³/mol. The van der Waals surface area contributed by atoms with Gasteiger partial charge < -0.3 is 14.7 Å². The molecule has 0 unspecified atom stereocenters. The second kappa shape index (κ2) is 8.67. The molecule has 25 heavy (non-hydrogen) atoms. The summed E-state index contributed by atoms with van der Waals surface area (Å²) in [5, 5.41) is 18.0. The number of aliphatic hydroxyl groups is 1. The van der Waals surface area contributed by atoms with Gasteiger partial charge in [0.05, 0.1) is 18.2 Å². The smallest absolute Gasteiger partial charge is 0.254 e. The molecule has 128 valence electrons. The molecule has 0 aliphatic heterocycles. The third-order valence-corrected chi connectivity index (χ3v) is 3.64. The van der Waals surface area contributed by atoms with E-state index in [1.807, 2.05) is 6.92 Å². The third kappa shape index (κ3) is 4.69. The number of carbonyl (C=O) groups is 1. The molecule has 0 saturated heterocycles. The van der Waals surface area contributed by atoms with Gasteiger partial charge in [-0.3, -0.25) is 4.79 Å². The third-order valence-electron chi connectivity index (χ3n) is 3.64. The van der Waals surface area contributed by atoms with Crippen molar-refractivity contribution in [3.05, 3.63) is 71.8 Å². The minimum Gasteiger partial charge on any atom is -0.457 e. The van der Waals surface area contributed by atoms with E-state index >= 15 is 0 Å². The molecule has 2 rings (SSSR count). The van der Waals surface area contributed by atoms with Gasteiger partial charge in [-0.2, -0.15) is 5.26 Å². The minimum absolute atomic E-state index is 0.0985. The van der Waals surface area contributed by atoms with Gasteiger partial charge in [0.15, 0.2) is 0 Å². The lowest BCUT2D eigenvalue weighted by molar-refractivity contribution is 0.0743. The summed E-state index contributed by atoms with van der Waals surface area (Å²) in [6.07, 6.45) is 1.62. The zero-order valence-electron chi connectivity index (χ0n) is 14.1. The molecule has 0 aliphatic carbocycles. The lowest BCUT2D eigenvalue weighted by atomic mass is 10.1. The van der Waals surface area contributed by atoms with E-state index in [4.69, 9.17) is 15.1 Å². The van der Waals surface area contributed by atoms with Gasteiger partial charge in [-0.15, -0.1) is 6.58 Å². The SMILES string of the molecule is C=CCN(CCO)C(=O)c1ccc(Oc2ccc(C#N)cc2C)cc1. The average Bonchev–Trinajstić information content (AvgIpc) is 2.63. The molecule has 0 atom stereocenters. The van der Waals surface area contributed by atoms with Gasteiger partial charge in [0.25, 0.3) is 5.91 Å². The molecule has 5 nitrogen and oxygen atoms in total. The molecule has 0 spiro atoms. The van der Waals surface area contributed by atoms with Gasteiger partial charge in [-0.05, 0) is 55.0 Å². The number of rotatable bonds is 7. The number of nitriles is 1. The molecular formula is C20H20N2O3. The second-order valence-electron chi connectivity index (χ2n) is 5.48. The van der Waals surface area contributed by atoms with Gasteiger partial charge in [0, 0.05) is 18.7 Å². The fraction of sp³-hybridized carbons (Fsp3) is 0.200. The molecule has 1 N–H and O–H groups in total. The summed E-state index contributed by atoms with van der Waals surface area (Å²) >= 11 is 0. The Morgan fingerprint density at radius 3 is 2.60 bits per heavy atom. The predicted octanol–water partition coefficient (Wildman–Crippen LogP) is 3.28. The molecule has 0 radical (unpaired) electrons. The Hall–Kier alpha value is -3.10. The van der Waals surface area contributed by atoms with Crippen molar-refractivity contribution in [2.75, 3.05) is 19.7 Å². The summed E-state index contributed by atoms with van der Waals surface area (Å²) in [5.74, 6) is 1.09. The van der Waals surface area contributed by atoms with E-state index in [-0.39, 0.29) is 19.1 Å². The largest absolute Gasteiger partial charge is 0.457 e. The van der Waals surface area contributed by atoms with Gasteiger partial charge in [-0.1, -0.05) is 6.08 Å². The number of aryl methyl sites for hydroxylation is 1. The van der Waals surface area contributed by atoms with Crippen LogP contribution in [0.5, 0.6) is 11.5 Å². The van der Waals surface area contributed by atoms with Crippen LogP contribution in [0, 0.1) is 18.3 Å². The fourth-order valence-corrected chi connectivity index (χ4v) is 2.36. The molecule has 2 aromatic rings. The Bertz CT molecular complexity index is 792. The standard InChI is InChI=1S/C20H20N2O3/c1-3-10-22(11-12-23)20(24)17-5-7-18(8-6-17)25-19-9-4-16(14-21)13-15(19)2/h3-9,13,23H,1,10-12H2,2H3. The lowest BCUT2D eigenvalue weighted by Gasteiger charge is -2.20. The monoisotopic (exact) mass is 336 g/mol. The maximum Gasteiger partial charge on any atom is 0.254 e. The normalized spacial score (nSPS) is 9.96. The number of nitrogens with zero attached hydrogens (tertiary/aromatic N) is 2. The first-order valence-corrected chi connectivity index (χ1v) is 7.88. The van der Waals surface area contributed by atoms with Crippen molar-refractivity contribution in [3.63, 3.8) is 0 Å². The zero-order valence-corrected chi connectivity index (χ0v) is 14.1. The number of carbonyl (C=O) groups excluding carboxylic acids is 1. The number of ether oxygens (including phenoxy) is 1. The molecule has 2 aromatic carbocycles. The highest BCUT2D eigenvalue weighted by atomic mass is 16.5. The molecule has 0 saturated carbocycles. The van der Waals surface area contributed by atoms with Crippen molar-refractivity contribution in [2.24, 2.45) is 0 Å². The van der Waals surface area contributed by atoms with Crippen LogP contribution in [0.3, 0.4) is 0 Å². The summed E-state index contributed by atoms with van der Waals surface area (Å²) in [5.41, 5.74) is 1.95. The van der Waals surface area contributed by atoms with Crippen LogP contribution in [0.25, 0.3) is 0 Å². The zero-order chi connectivity index (χ0) is 18.2. The van der Waals surface area contributed by atoms with Gasteiger partial charge in [-0.25, -0.2) is 0 Å². The molecule has 0 heterocycles. The van der Waals surface area contributed by atoms with Crippen LogP contribution in [-0.4, -0.2) is 35.6 Å². The van der Waals surface area contributed by atoms with Crippen LogP contribution in [-0.2, 0) is 0 Å². The Balaban J connectivity index is 2.13. The minimum atomic E-state index is -0.171. The number of hydrogen-bond acceptors (Lipinski definition) is 4. The summed E-state index contributed by atoms with van der Waals surface area (Å²) in [7, 11) is 0. The van der Waals surface area contributed by atoms with E-state index in [2.05, 4.69) is 12.6 Å². The highest BCUT2D eigenvalue weighted by molar-refractivity contribution is 5.94. The van der Waals surface area contributed by atoms with Crippen LogP contribution in [0.4, 0.5) is 0 Å². The van der Waals surface area contributed by atoms with Crippen LogP contribution in [0.1, 0.15) is 21.5 Å². The summed E-state index contributed by atoms with van der Waals surface area (Å²) in [4.78, 5) is 13.9. The first-order valence-electron chi connectivity index (χ1n) is 7.88. The number of benzene rings is 2. The van der Waals surface area contributed by atoms with Crippen LogP contribution >= 0.6 is 0 Å². The van der Waals surface area contributed by atoms with E-state index in [1.54, 1.807) is 48.5 Å². The first-order chi connectivity index (χ1) is 12.1. The van der Waals surface area contributed by atoms with Gasteiger partial charge in [0.2, 0.25) is 0 Å². The van der Waals surface area contributed by atoms with Crippen molar-refractivity contribution in [3.8, 4) is 17.6 Å². The molecule has 0 fully saturated rings. The molecule has 0 aromatic heterocycles. The topological polar surface area (TPSA) is 73.6 Å².